The van der Waals surface area contributed by atoms with Crippen molar-refractivity contribution in [3.05, 3.63) is 29.3 Å². The van der Waals surface area contributed by atoms with Gasteiger partial charge in [0.2, 0.25) is 0 Å². The number of hydrogen-bond donors (Lipinski definition) is 1. The van der Waals surface area contributed by atoms with Crippen LogP contribution in [0, 0.1) is 0 Å². The van der Waals surface area contributed by atoms with Gasteiger partial charge >= 0.3 is 0 Å². The molecule has 2 aromatic rings. The molecule has 0 bridgehead atoms. The second-order valence-corrected chi connectivity index (χ2v) is 6.18. The highest BCUT2D eigenvalue weighted by Gasteiger charge is 2.20. The molecular weight excluding hydrogens is 288 g/mol. The summed E-state index contributed by atoms with van der Waals surface area (Å²) in [5, 5.41) is 15.0. The Morgan fingerprint density at radius 2 is 2.29 bits per heavy atom. The molecule has 1 fully saturated rings. The Labute approximate surface area is 128 Å². The second kappa shape index (κ2) is 7.17. The van der Waals surface area contributed by atoms with Gasteiger partial charge in [0.25, 0.3) is 0 Å². The number of thiophene rings is 1. The Bertz CT molecular complexity index is 533. The van der Waals surface area contributed by atoms with Gasteiger partial charge in [-0.3, -0.25) is 4.90 Å². The van der Waals surface area contributed by atoms with Crippen molar-refractivity contribution < 1.29 is 14.4 Å². The highest BCUT2D eigenvalue weighted by Crippen LogP contribution is 2.26. The SMILES string of the molecule is OCCOC1CCN(Cc2cc(-c3cccs3)on2)CC1. The summed E-state index contributed by atoms with van der Waals surface area (Å²) in [4.78, 5) is 3.49. The van der Waals surface area contributed by atoms with E-state index in [-0.39, 0.29) is 12.7 Å². The largest absolute Gasteiger partial charge is 0.394 e. The van der Waals surface area contributed by atoms with E-state index in [4.69, 9.17) is 14.4 Å². The van der Waals surface area contributed by atoms with Crippen LogP contribution < -0.4 is 0 Å². The maximum absolute atomic E-state index is 8.77. The highest BCUT2D eigenvalue weighted by molar-refractivity contribution is 7.13. The van der Waals surface area contributed by atoms with E-state index >= 15 is 0 Å². The van der Waals surface area contributed by atoms with Gasteiger partial charge in [0.05, 0.1) is 29.9 Å². The summed E-state index contributed by atoms with van der Waals surface area (Å²) in [5.41, 5.74) is 0.980. The number of likely N-dealkylation sites (tertiary alicyclic amines) is 1. The van der Waals surface area contributed by atoms with E-state index in [0.29, 0.717) is 6.61 Å². The van der Waals surface area contributed by atoms with E-state index < -0.39 is 0 Å². The number of aromatic nitrogens is 1. The second-order valence-electron chi connectivity index (χ2n) is 5.23. The van der Waals surface area contributed by atoms with Crippen LogP contribution in [-0.4, -0.2) is 47.6 Å². The van der Waals surface area contributed by atoms with Crippen LogP contribution >= 0.6 is 11.3 Å². The summed E-state index contributed by atoms with van der Waals surface area (Å²) >= 11 is 1.66. The molecule has 114 valence electrons. The lowest BCUT2D eigenvalue weighted by Crippen LogP contribution is -2.36. The predicted octanol–water partition coefficient (Wildman–Crippen LogP) is 2.38. The monoisotopic (exact) mass is 308 g/mol. The maximum Gasteiger partial charge on any atom is 0.177 e. The van der Waals surface area contributed by atoms with Gasteiger partial charge in [-0.2, -0.15) is 0 Å². The van der Waals surface area contributed by atoms with Crippen LogP contribution in [0.4, 0.5) is 0 Å². The quantitative estimate of drug-likeness (QED) is 0.888. The minimum absolute atomic E-state index is 0.102. The third kappa shape index (κ3) is 3.91. The summed E-state index contributed by atoms with van der Waals surface area (Å²) in [6.45, 7) is 3.36. The van der Waals surface area contributed by atoms with E-state index in [1.165, 1.54) is 0 Å². The number of rotatable bonds is 6. The van der Waals surface area contributed by atoms with Crippen molar-refractivity contribution in [2.24, 2.45) is 0 Å². The van der Waals surface area contributed by atoms with E-state index in [9.17, 15) is 0 Å². The first kappa shape index (κ1) is 14.7. The van der Waals surface area contributed by atoms with Gasteiger partial charge in [-0.25, -0.2) is 0 Å². The molecule has 0 spiro atoms. The Balaban J connectivity index is 1.49. The van der Waals surface area contributed by atoms with Crippen molar-refractivity contribution >= 4 is 11.3 Å². The molecule has 0 unspecified atom stereocenters. The number of aliphatic hydroxyl groups is 1. The first-order valence-corrected chi connectivity index (χ1v) is 8.17. The van der Waals surface area contributed by atoms with Crippen molar-refractivity contribution in [2.45, 2.75) is 25.5 Å². The van der Waals surface area contributed by atoms with Crippen molar-refractivity contribution in [1.82, 2.24) is 10.1 Å². The van der Waals surface area contributed by atoms with Gasteiger partial charge in [-0.05, 0) is 24.3 Å². The Hall–Kier alpha value is -1.21. The first-order valence-electron chi connectivity index (χ1n) is 7.29. The van der Waals surface area contributed by atoms with E-state index in [2.05, 4.69) is 10.1 Å². The number of hydrogen-bond acceptors (Lipinski definition) is 6. The third-order valence-electron chi connectivity index (χ3n) is 3.69. The summed E-state index contributed by atoms with van der Waals surface area (Å²) in [6, 6.07) is 6.08. The number of nitrogens with zero attached hydrogens (tertiary/aromatic N) is 2. The molecule has 1 saturated heterocycles. The fourth-order valence-electron chi connectivity index (χ4n) is 2.60. The predicted molar refractivity (Wildman–Crippen MR) is 81.2 cm³/mol. The standard InChI is InChI=1S/C15H20N2O3S/c18-7-8-19-13-3-5-17(6-4-13)11-12-10-14(20-16-12)15-2-1-9-21-15/h1-2,9-10,13,18H,3-8,11H2. The van der Waals surface area contributed by atoms with Gasteiger partial charge in [0.1, 0.15) is 0 Å². The zero-order chi connectivity index (χ0) is 14.5. The van der Waals surface area contributed by atoms with Crippen LogP contribution in [0.1, 0.15) is 18.5 Å². The molecule has 1 N–H and O–H groups in total. The molecule has 1 aliphatic rings. The van der Waals surface area contributed by atoms with Crippen LogP contribution in [0.25, 0.3) is 10.6 Å². The molecule has 6 heteroatoms. The minimum atomic E-state index is 0.102. The van der Waals surface area contributed by atoms with Gasteiger partial charge in [0, 0.05) is 25.7 Å². The number of aliphatic hydroxyl groups excluding tert-OH is 1. The van der Waals surface area contributed by atoms with Crippen LogP contribution in [0.5, 0.6) is 0 Å². The molecule has 1 aliphatic heterocycles. The molecule has 0 saturated carbocycles. The van der Waals surface area contributed by atoms with E-state index in [1.807, 2.05) is 23.6 Å². The first-order chi connectivity index (χ1) is 10.3. The zero-order valence-corrected chi connectivity index (χ0v) is 12.7. The topological polar surface area (TPSA) is 58.7 Å². The molecule has 0 atom stereocenters. The lowest BCUT2D eigenvalue weighted by atomic mass is 10.1. The molecule has 5 nitrogen and oxygen atoms in total. The fraction of sp³-hybridized carbons (Fsp3) is 0.533. The molecule has 3 rings (SSSR count). The van der Waals surface area contributed by atoms with Gasteiger partial charge in [0.15, 0.2) is 5.76 Å². The number of piperidine rings is 1. The number of ether oxygens (including phenoxy) is 1. The third-order valence-corrected chi connectivity index (χ3v) is 4.57. The van der Waals surface area contributed by atoms with Gasteiger partial charge in [-0.1, -0.05) is 11.2 Å². The Morgan fingerprint density at radius 1 is 1.43 bits per heavy atom. The van der Waals surface area contributed by atoms with Crippen LogP contribution in [-0.2, 0) is 11.3 Å². The van der Waals surface area contributed by atoms with Crippen molar-refractivity contribution in [3.63, 3.8) is 0 Å². The average Bonchev–Trinajstić information content (AvgIpc) is 3.17. The van der Waals surface area contributed by atoms with Crippen LogP contribution in [0.15, 0.2) is 28.1 Å². The molecule has 0 radical (unpaired) electrons. The lowest BCUT2D eigenvalue weighted by Gasteiger charge is -2.31. The molecule has 21 heavy (non-hydrogen) atoms. The Kier molecular flexibility index (Phi) is 5.03. The van der Waals surface area contributed by atoms with Crippen molar-refractivity contribution in [3.8, 4) is 10.6 Å². The Morgan fingerprint density at radius 3 is 3.00 bits per heavy atom. The summed E-state index contributed by atoms with van der Waals surface area (Å²) in [7, 11) is 0. The lowest BCUT2D eigenvalue weighted by molar-refractivity contribution is -0.00929. The van der Waals surface area contributed by atoms with Crippen molar-refractivity contribution in [1.29, 1.82) is 0 Å². The van der Waals surface area contributed by atoms with Crippen LogP contribution in [0.3, 0.4) is 0 Å². The highest BCUT2D eigenvalue weighted by atomic mass is 32.1. The molecule has 0 amide bonds. The van der Waals surface area contributed by atoms with Gasteiger partial charge < -0.3 is 14.4 Å². The molecule has 2 aromatic heterocycles. The smallest absolute Gasteiger partial charge is 0.177 e. The molecule has 0 aromatic carbocycles. The average molecular weight is 308 g/mol. The zero-order valence-electron chi connectivity index (χ0n) is 11.9. The summed E-state index contributed by atoms with van der Waals surface area (Å²) < 4.78 is 11.0. The maximum atomic E-state index is 8.77. The molecule has 0 aliphatic carbocycles. The van der Waals surface area contributed by atoms with Crippen molar-refractivity contribution in [2.75, 3.05) is 26.3 Å². The van der Waals surface area contributed by atoms with E-state index in [1.54, 1.807) is 11.3 Å². The minimum Gasteiger partial charge on any atom is -0.394 e. The summed E-state index contributed by atoms with van der Waals surface area (Å²) in [5.74, 6) is 0.848. The van der Waals surface area contributed by atoms with E-state index in [0.717, 1.165) is 48.8 Å². The molecular formula is C15H20N2O3S. The fourth-order valence-corrected chi connectivity index (χ4v) is 3.28. The van der Waals surface area contributed by atoms with Gasteiger partial charge in [-0.15, -0.1) is 11.3 Å². The molecule has 3 heterocycles. The normalized spacial score (nSPS) is 17.4. The summed E-state index contributed by atoms with van der Waals surface area (Å²) in [6.07, 6.45) is 2.30. The van der Waals surface area contributed by atoms with Crippen LogP contribution in [0.2, 0.25) is 0 Å².